The molecule has 0 amide bonds. The number of nitriles is 2. The fourth-order valence-corrected chi connectivity index (χ4v) is 7.11. The van der Waals surface area contributed by atoms with Crippen LogP contribution in [0.4, 0.5) is 0 Å². The van der Waals surface area contributed by atoms with Gasteiger partial charge in [-0.2, -0.15) is 10.5 Å². The molecule has 48 heavy (non-hydrogen) atoms. The highest BCUT2D eigenvalue weighted by molar-refractivity contribution is 6.12. The summed E-state index contributed by atoms with van der Waals surface area (Å²) in [5.41, 5.74) is 12.5. The average Bonchev–Trinajstić information content (AvgIpc) is 3.67. The molecule has 0 N–H and O–H groups in total. The lowest BCUT2D eigenvalue weighted by Gasteiger charge is -2.11. The number of hydrogen-bond donors (Lipinski definition) is 0. The molecule has 7 aromatic carbocycles. The first-order valence-electron chi connectivity index (χ1n) is 15.9. The van der Waals surface area contributed by atoms with Crippen LogP contribution in [-0.2, 0) is 0 Å². The molecular weight excluding hydrogens is 585 g/mol. The minimum atomic E-state index is 0.651. The zero-order valence-electron chi connectivity index (χ0n) is 25.8. The van der Waals surface area contributed by atoms with E-state index in [0.717, 1.165) is 55.7 Å². The van der Waals surface area contributed by atoms with E-state index >= 15 is 0 Å². The van der Waals surface area contributed by atoms with Crippen LogP contribution in [-0.4, -0.2) is 9.13 Å². The molecule has 222 valence electrons. The van der Waals surface area contributed by atoms with E-state index < -0.39 is 0 Å². The monoisotopic (exact) mass is 610 g/mol. The molecule has 4 heteroatoms. The molecule has 0 radical (unpaired) electrons. The molecule has 4 nitrogen and oxygen atoms in total. The first-order valence-corrected chi connectivity index (χ1v) is 15.9. The van der Waals surface area contributed by atoms with E-state index in [9.17, 15) is 10.5 Å². The minimum absolute atomic E-state index is 0.651. The topological polar surface area (TPSA) is 57.4 Å². The van der Waals surface area contributed by atoms with E-state index in [-0.39, 0.29) is 0 Å². The van der Waals surface area contributed by atoms with E-state index in [1.165, 1.54) is 21.5 Å². The highest BCUT2D eigenvalue weighted by Gasteiger charge is 2.16. The van der Waals surface area contributed by atoms with Crippen molar-refractivity contribution in [1.29, 1.82) is 10.5 Å². The standard InChI is InChI=1S/C44H26N4/c45-27-29-12-16-31(17-13-29)32-6-5-7-36(24-32)48-42-11-4-2-9-38(42)40-26-34(19-23-44(40)48)33-18-22-43-39(25-33)37-8-1-3-10-41(37)47(43)35-20-14-30(28-46)15-21-35/h1-26H. The van der Waals surface area contributed by atoms with Crippen molar-refractivity contribution < 1.29 is 0 Å². The Kier molecular flexibility index (Phi) is 6.22. The Balaban J connectivity index is 1.19. The molecule has 0 unspecified atom stereocenters. The van der Waals surface area contributed by atoms with Gasteiger partial charge >= 0.3 is 0 Å². The number of rotatable bonds is 4. The third-order valence-electron chi connectivity index (χ3n) is 9.38. The van der Waals surface area contributed by atoms with Crippen LogP contribution < -0.4 is 0 Å². The van der Waals surface area contributed by atoms with Crippen molar-refractivity contribution in [2.75, 3.05) is 0 Å². The molecular formula is C44H26N4. The van der Waals surface area contributed by atoms with Gasteiger partial charge in [-0.1, -0.05) is 72.8 Å². The number of nitrogens with zero attached hydrogens (tertiary/aromatic N) is 4. The Morgan fingerprint density at radius 1 is 0.333 bits per heavy atom. The molecule has 0 saturated heterocycles. The lowest BCUT2D eigenvalue weighted by molar-refractivity contribution is 1.18. The van der Waals surface area contributed by atoms with Gasteiger partial charge in [-0.25, -0.2) is 0 Å². The molecule has 9 rings (SSSR count). The van der Waals surface area contributed by atoms with Crippen LogP contribution in [0.15, 0.2) is 158 Å². The third-order valence-corrected chi connectivity index (χ3v) is 9.38. The van der Waals surface area contributed by atoms with Crippen LogP contribution in [0.3, 0.4) is 0 Å². The Morgan fingerprint density at radius 2 is 0.792 bits per heavy atom. The first kappa shape index (κ1) is 27.4. The number of benzene rings is 7. The van der Waals surface area contributed by atoms with Gasteiger partial charge in [0.05, 0.1) is 45.3 Å². The van der Waals surface area contributed by atoms with Gasteiger partial charge in [-0.15, -0.1) is 0 Å². The molecule has 0 aliphatic rings. The Morgan fingerprint density at radius 3 is 1.35 bits per heavy atom. The molecule has 2 heterocycles. The summed E-state index contributed by atoms with van der Waals surface area (Å²) in [7, 11) is 0. The fraction of sp³-hybridized carbons (Fsp3) is 0. The maximum Gasteiger partial charge on any atom is 0.0991 e. The van der Waals surface area contributed by atoms with Gasteiger partial charge in [0.1, 0.15) is 0 Å². The lowest BCUT2D eigenvalue weighted by atomic mass is 10.0. The van der Waals surface area contributed by atoms with Crippen molar-refractivity contribution >= 4 is 43.6 Å². The molecule has 0 spiro atoms. The highest BCUT2D eigenvalue weighted by Crippen LogP contribution is 2.38. The van der Waals surface area contributed by atoms with Gasteiger partial charge in [-0.05, 0) is 107 Å². The fourth-order valence-electron chi connectivity index (χ4n) is 7.11. The normalized spacial score (nSPS) is 11.3. The van der Waals surface area contributed by atoms with Gasteiger partial charge < -0.3 is 9.13 Å². The average molecular weight is 611 g/mol. The predicted octanol–water partition coefficient (Wildman–Crippen LogP) is 11.0. The second kappa shape index (κ2) is 10.9. The summed E-state index contributed by atoms with van der Waals surface area (Å²) in [6, 6.07) is 59.2. The summed E-state index contributed by atoms with van der Waals surface area (Å²) >= 11 is 0. The molecule has 0 saturated carbocycles. The second-order valence-electron chi connectivity index (χ2n) is 12.1. The number of hydrogen-bond acceptors (Lipinski definition) is 2. The van der Waals surface area contributed by atoms with E-state index in [2.05, 4.69) is 130 Å². The number of fused-ring (bicyclic) bond motifs is 6. The van der Waals surface area contributed by atoms with Crippen LogP contribution in [0, 0.1) is 22.7 Å². The minimum Gasteiger partial charge on any atom is -0.309 e. The Hall–Kier alpha value is -6.88. The summed E-state index contributed by atoms with van der Waals surface area (Å²) in [5, 5.41) is 23.4. The predicted molar refractivity (Wildman–Crippen MR) is 195 cm³/mol. The van der Waals surface area contributed by atoms with Crippen molar-refractivity contribution in [1.82, 2.24) is 9.13 Å². The summed E-state index contributed by atoms with van der Waals surface area (Å²) in [5.74, 6) is 0. The summed E-state index contributed by atoms with van der Waals surface area (Å²) < 4.78 is 4.62. The summed E-state index contributed by atoms with van der Waals surface area (Å²) in [6.45, 7) is 0. The number of aromatic nitrogens is 2. The second-order valence-corrected chi connectivity index (χ2v) is 12.1. The van der Waals surface area contributed by atoms with Crippen LogP contribution in [0.25, 0.3) is 77.2 Å². The van der Waals surface area contributed by atoms with Crippen LogP contribution in [0.5, 0.6) is 0 Å². The van der Waals surface area contributed by atoms with E-state index in [1.54, 1.807) is 0 Å². The van der Waals surface area contributed by atoms with Crippen molar-refractivity contribution in [2.45, 2.75) is 0 Å². The van der Waals surface area contributed by atoms with Crippen molar-refractivity contribution in [3.63, 3.8) is 0 Å². The van der Waals surface area contributed by atoms with Gasteiger partial charge in [0, 0.05) is 32.9 Å². The quantitative estimate of drug-likeness (QED) is 0.199. The van der Waals surface area contributed by atoms with Crippen molar-refractivity contribution in [3.05, 3.63) is 169 Å². The molecule has 2 aromatic heterocycles. The molecule has 9 aromatic rings. The van der Waals surface area contributed by atoms with E-state index in [1.807, 2.05) is 48.5 Å². The number of para-hydroxylation sites is 2. The molecule has 0 aliphatic carbocycles. The van der Waals surface area contributed by atoms with Crippen LogP contribution in [0.1, 0.15) is 11.1 Å². The Labute approximate surface area is 277 Å². The lowest BCUT2D eigenvalue weighted by Crippen LogP contribution is -1.94. The van der Waals surface area contributed by atoms with Gasteiger partial charge in [0.2, 0.25) is 0 Å². The zero-order valence-corrected chi connectivity index (χ0v) is 25.8. The molecule has 0 atom stereocenters. The maximum absolute atomic E-state index is 9.33. The third kappa shape index (κ3) is 4.29. The zero-order chi connectivity index (χ0) is 32.2. The van der Waals surface area contributed by atoms with Gasteiger partial charge in [0.15, 0.2) is 0 Å². The van der Waals surface area contributed by atoms with Crippen molar-refractivity contribution in [3.8, 4) is 45.8 Å². The van der Waals surface area contributed by atoms with Crippen LogP contribution >= 0.6 is 0 Å². The molecule has 0 bridgehead atoms. The molecule has 0 aliphatic heterocycles. The first-order chi connectivity index (χ1) is 23.7. The SMILES string of the molecule is N#Cc1ccc(-c2cccc(-n3c4ccccc4c4cc(-c5ccc6c(c5)c5ccccc5n6-c5ccc(C#N)cc5)ccc43)c2)cc1. The van der Waals surface area contributed by atoms with Gasteiger partial charge in [-0.3, -0.25) is 0 Å². The van der Waals surface area contributed by atoms with E-state index in [4.69, 9.17) is 0 Å². The summed E-state index contributed by atoms with van der Waals surface area (Å²) in [6.07, 6.45) is 0. The van der Waals surface area contributed by atoms with Gasteiger partial charge in [0.25, 0.3) is 0 Å². The maximum atomic E-state index is 9.33. The van der Waals surface area contributed by atoms with E-state index in [0.29, 0.717) is 11.1 Å². The van der Waals surface area contributed by atoms with Crippen molar-refractivity contribution in [2.24, 2.45) is 0 Å². The smallest absolute Gasteiger partial charge is 0.0991 e. The summed E-state index contributed by atoms with van der Waals surface area (Å²) in [4.78, 5) is 0. The Bertz CT molecular complexity index is 2780. The molecule has 0 fully saturated rings. The van der Waals surface area contributed by atoms with Crippen LogP contribution in [0.2, 0.25) is 0 Å². The highest BCUT2D eigenvalue weighted by atomic mass is 15.0. The largest absolute Gasteiger partial charge is 0.309 e.